The summed E-state index contributed by atoms with van der Waals surface area (Å²) in [6.07, 6.45) is 2.75. The summed E-state index contributed by atoms with van der Waals surface area (Å²) >= 11 is 0. The fraction of sp³-hybridized carbons (Fsp3) is 0.250. The Morgan fingerprint density at radius 1 is 1.27 bits per heavy atom. The molecule has 1 atom stereocenters. The minimum Gasteiger partial charge on any atom is -0.322 e. The normalized spacial score (nSPS) is 12.7. The monoisotopic (exact) mass is 201 g/mol. The average Bonchev–Trinajstić information content (AvgIpc) is 2.66. The van der Waals surface area contributed by atoms with Crippen molar-refractivity contribution < 1.29 is 0 Å². The van der Waals surface area contributed by atoms with Crippen molar-refractivity contribution in [2.24, 2.45) is 12.8 Å². The maximum atomic E-state index is 6.06. The summed E-state index contributed by atoms with van der Waals surface area (Å²) in [5, 5.41) is 4.30. The summed E-state index contributed by atoms with van der Waals surface area (Å²) in [6.45, 7) is 0. The molecular formula is C12H15N3. The fourth-order valence-corrected chi connectivity index (χ4v) is 1.60. The largest absolute Gasteiger partial charge is 0.322 e. The molecule has 0 amide bonds. The zero-order valence-corrected chi connectivity index (χ0v) is 8.80. The highest BCUT2D eigenvalue weighted by molar-refractivity contribution is 5.18. The molecule has 2 rings (SSSR count). The van der Waals surface area contributed by atoms with E-state index < -0.39 is 0 Å². The minimum absolute atomic E-state index is 0.0198. The van der Waals surface area contributed by atoms with E-state index in [9.17, 15) is 0 Å². The van der Waals surface area contributed by atoms with E-state index in [0.29, 0.717) is 0 Å². The standard InChI is InChI=1S/C12H15N3/c1-15-8-7-12(14-15)11(13)9-10-5-3-2-4-6-10/h2-8,11H,9,13H2,1H3. The van der Waals surface area contributed by atoms with Gasteiger partial charge in [-0.3, -0.25) is 4.68 Å². The Bertz CT molecular complexity index is 419. The molecule has 1 aromatic carbocycles. The molecule has 0 aliphatic heterocycles. The summed E-state index contributed by atoms with van der Waals surface area (Å²) in [4.78, 5) is 0. The molecule has 3 heteroatoms. The van der Waals surface area contributed by atoms with Crippen molar-refractivity contribution in [3.63, 3.8) is 0 Å². The molecule has 0 bridgehead atoms. The Morgan fingerprint density at radius 3 is 2.60 bits per heavy atom. The van der Waals surface area contributed by atoms with Gasteiger partial charge in [0.2, 0.25) is 0 Å². The number of nitrogens with zero attached hydrogens (tertiary/aromatic N) is 2. The van der Waals surface area contributed by atoms with Crippen molar-refractivity contribution in [2.75, 3.05) is 0 Å². The SMILES string of the molecule is Cn1ccc(C(N)Cc2ccccc2)n1. The van der Waals surface area contributed by atoms with Crippen molar-refractivity contribution in [3.05, 3.63) is 53.9 Å². The number of benzene rings is 1. The van der Waals surface area contributed by atoms with E-state index in [0.717, 1.165) is 12.1 Å². The average molecular weight is 201 g/mol. The molecule has 0 fully saturated rings. The highest BCUT2D eigenvalue weighted by atomic mass is 15.3. The number of aryl methyl sites for hydroxylation is 1. The number of aromatic nitrogens is 2. The van der Waals surface area contributed by atoms with E-state index in [2.05, 4.69) is 17.2 Å². The molecule has 0 spiro atoms. The van der Waals surface area contributed by atoms with Crippen molar-refractivity contribution in [1.29, 1.82) is 0 Å². The van der Waals surface area contributed by atoms with E-state index in [-0.39, 0.29) is 6.04 Å². The van der Waals surface area contributed by atoms with E-state index in [4.69, 9.17) is 5.73 Å². The first kappa shape index (κ1) is 9.93. The topological polar surface area (TPSA) is 43.8 Å². The Hall–Kier alpha value is -1.61. The van der Waals surface area contributed by atoms with Crippen LogP contribution in [0.2, 0.25) is 0 Å². The molecule has 78 valence electrons. The van der Waals surface area contributed by atoms with Crippen LogP contribution in [0.5, 0.6) is 0 Å². The molecule has 15 heavy (non-hydrogen) atoms. The van der Waals surface area contributed by atoms with Crippen LogP contribution in [-0.2, 0) is 13.5 Å². The van der Waals surface area contributed by atoms with E-state index in [1.165, 1.54) is 5.56 Å². The van der Waals surface area contributed by atoms with Crippen LogP contribution in [-0.4, -0.2) is 9.78 Å². The van der Waals surface area contributed by atoms with Gasteiger partial charge in [0.15, 0.2) is 0 Å². The first-order chi connectivity index (χ1) is 7.25. The molecule has 0 aliphatic carbocycles. The number of hydrogen-bond acceptors (Lipinski definition) is 2. The van der Waals surface area contributed by atoms with Crippen molar-refractivity contribution in [3.8, 4) is 0 Å². The van der Waals surface area contributed by atoms with Crippen LogP contribution in [0.25, 0.3) is 0 Å². The van der Waals surface area contributed by atoms with Gasteiger partial charge >= 0.3 is 0 Å². The van der Waals surface area contributed by atoms with Gasteiger partial charge in [0, 0.05) is 13.2 Å². The lowest BCUT2D eigenvalue weighted by Crippen LogP contribution is -2.14. The third kappa shape index (κ3) is 2.44. The third-order valence-corrected chi connectivity index (χ3v) is 2.41. The Kier molecular flexibility index (Phi) is 2.83. The second-order valence-corrected chi connectivity index (χ2v) is 3.71. The molecule has 0 aliphatic rings. The molecule has 2 aromatic rings. The smallest absolute Gasteiger partial charge is 0.0795 e. The van der Waals surface area contributed by atoms with E-state index >= 15 is 0 Å². The highest BCUT2D eigenvalue weighted by Gasteiger charge is 2.09. The second-order valence-electron chi connectivity index (χ2n) is 3.71. The number of rotatable bonds is 3. The highest BCUT2D eigenvalue weighted by Crippen LogP contribution is 2.13. The molecule has 1 aromatic heterocycles. The molecular weight excluding hydrogens is 186 g/mol. The van der Waals surface area contributed by atoms with Crippen LogP contribution >= 0.6 is 0 Å². The summed E-state index contributed by atoms with van der Waals surface area (Å²) in [6, 6.07) is 12.2. The molecule has 3 nitrogen and oxygen atoms in total. The van der Waals surface area contributed by atoms with Crippen molar-refractivity contribution in [1.82, 2.24) is 9.78 Å². The van der Waals surface area contributed by atoms with E-state index in [1.54, 1.807) is 4.68 Å². The van der Waals surface area contributed by atoms with Gasteiger partial charge in [0.25, 0.3) is 0 Å². The molecule has 2 N–H and O–H groups in total. The first-order valence-electron chi connectivity index (χ1n) is 5.05. The summed E-state index contributed by atoms with van der Waals surface area (Å²) < 4.78 is 1.78. The molecule has 1 heterocycles. The fourth-order valence-electron chi connectivity index (χ4n) is 1.60. The quantitative estimate of drug-likeness (QED) is 0.820. The second kappa shape index (κ2) is 4.28. The first-order valence-corrected chi connectivity index (χ1v) is 5.05. The maximum absolute atomic E-state index is 6.06. The zero-order valence-electron chi connectivity index (χ0n) is 8.80. The lowest BCUT2D eigenvalue weighted by Gasteiger charge is -2.08. The molecule has 1 unspecified atom stereocenters. The summed E-state index contributed by atoms with van der Waals surface area (Å²) in [5.74, 6) is 0. The van der Waals surface area contributed by atoms with Gasteiger partial charge in [-0.25, -0.2) is 0 Å². The number of nitrogens with two attached hydrogens (primary N) is 1. The predicted molar refractivity (Wildman–Crippen MR) is 60.3 cm³/mol. The van der Waals surface area contributed by atoms with Crippen LogP contribution in [0, 0.1) is 0 Å². The Morgan fingerprint density at radius 2 is 2.00 bits per heavy atom. The van der Waals surface area contributed by atoms with Gasteiger partial charge in [-0.1, -0.05) is 30.3 Å². The maximum Gasteiger partial charge on any atom is 0.0795 e. The van der Waals surface area contributed by atoms with Crippen molar-refractivity contribution >= 4 is 0 Å². The van der Waals surface area contributed by atoms with Gasteiger partial charge in [0.1, 0.15) is 0 Å². The van der Waals surface area contributed by atoms with Gasteiger partial charge in [-0.15, -0.1) is 0 Å². The van der Waals surface area contributed by atoms with Crippen molar-refractivity contribution in [2.45, 2.75) is 12.5 Å². The summed E-state index contributed by atoms with van der Waals surface area (Å²) in [5.41, 5.74) is 8.26. The van der Waals surface area contributed by atoms with Gasteiger partial charge in [0.05, 0.1) is 11.7 Å². The Balaban J connectivity index is 2.07. The van der Waals surface area contributed by atoms with Crippen LogP contribution in [0.4, 0.5) is 0 Å². The lowest BCUT2D eigenvalue weighted by molar-refractivity contribution is 0.657. The van der Waals surface area contributed by atoms with Crippen LogP contribution < -0.4 is 5.73 Å². The molecule has 0 saturated heterocycles. The third-order valence-electron chi connectivity index (χ3n) is 2.41. The summed E-state index contributed by atoms with van der Waals surface area (Å²) in [7, 11) is 1.90. The minimum atomic E-state index is -0.0198. The van der Waals surface area contributed by atoms with Gasteiger partial charge in [-0.05, 0) is 18.1 Å². The zero-order chi connectivity index (χ0) is 10.7. The molecule has 0 saturated carbocycles. The van der Waals surface area contributed by atoms with Crippen LogP contribution in [0.15, 0.2) is 42.6 Å². The number of hydrogen-bond donors (Lipinski definition) is 1. The van der Waals surface area contributed by atoms with Gasteiger partial charge in [-0.2, -0.15) is 5.10 Å². The Labute approximate surface area is 89.5 Å². The lowest BCUT2D eigenvalue weighted by atomic mass is 10.0. The van der Waals surface area contributed by atoms with E-state index in [1.807, 2.05) is 37.5 Å². The predicted octanol–water partition coefficient (Wildman–Crippen LogP) is 1.66. The van der Waals surface area contributed by atoms with Crippen LogP contribution in [0.1, 0.15) is 17.3 Å². The van der Waals surface area contributed by atoms with Gasteiger partial charge < -0.3 is 5.73 Å². The van der Waals surface area contributed by atoms with Crippen LogP contribution in [0.3, 0.4) is 0 Å². The molecule has 0 radical (unpaired) electrons.